The first-order valence-electron chi connectivity index (χ1n) is 5.95. The Bertz CT molecular complexity index is 682. The lowest BCUT2D eigenvalue weighted by atomic mass is 10.0. The smallest absolute Gasteiger partial charge is 0.0346 e. The van der Waals surface area contributed by atoms with E-state index in [2.05, 4.69) is 62.9 Å². The van der Waals surface area contributed by atoms with Crippen molar-refractivity contribution < 1.29 is 0 Å². The molecule has 0 radical (unpaired) electrons. The molecule has 3 rings (SSSR count). The van der Waals surface area contributed by atoms with Gasteiger partial charge in [-0.15, -0.1) is 0 Å². The van der Waals surface area contributed by atoms with Crippen LogP contribution in [0.15, 0.2) is 67.3 Å². The average molecular weight is 358 g/mol. The van der Waals surface area contributed by atoms with Crippen molar-refractivity contribution in [3.8, 4) is 22.3 Å². The number of benzene rings is 1. The van der Waals surface area contributed by atoms with Crippen molar-refractivity contribution in [2.24, 2.45) is 0 Å². The van der Waals surface area contributed by atoms with E-state index >= 15 is 0 Å². The molecule has 0 aliphatic carbocycles. The van der Waals surface area contributed by atoms with E-state index in [1.807, 2.05) is 24.5 Å². The number of hydrogen-bond donors (Lipinski definition) is 0. The first-order chi connectivity index (χ1) is 9.34. The molecule has 92 valence electrons. The lowest BCUT2D eigenvalue weighted by Gasteiger charge is -2.08. The summed E-state index contributed by atoms with van der Waals surface area (Å²) in [5.74, 6) is 0. The van der Waals surface area contributed by atoms with Crippen LogP contribution in [0.25, 0.3) is 22.3 Å². The van der Waals surface area contributed by atoms with Crippen LogP contribution in [0.5, 0.6) is 0 Å². The molecule has 0 saturated heterocycles. The summed E-state index contributed by atoms with van der Waals surface area (Å²) < 4.78 is 1.22. The first kappa shape index (κ1) is 12.3. The molecule has 0 fully saturated rings. The zero-order chi connectivity index (χ0) is 13.1. The quantitative estimate of drug-likeness (QED) is 0.634. The van der Waals surface area contributed by atoms with Gasteiger partial charge in [-0.05, 0) is 58.0 Å². The first-order valence-corrected chi connectivity index (χ1v) is 7.03. The molecule has 2 heterocycles. The fourth-order valence-corrected chi connectivity index (χ4v) is 2.63. The van der Waals surface area contributed by atoms with Crippen molar-refractivity contribution in [1.29, 1.82) is 0 Å². The molecular formula is C16H11IN2. The second kappa shape index (κ2) is 5.48. The van der Waals surface area contributed by atoms with Crippen LogP contribution in [-0.4, -0.2) is 9.97 Å². The van der Waals surface area contributed by atoms with Crippen LogP contribution in [0.3, 0.4) is 0 Å². The second-order valence-electron chi connectivity index (χ2n) is 4.18. The molecule has 2 aromatic heterocycles. The molecule has 0 saturated carbocycles. The van der Waals surface area contributed by atoms with Crippen LogP contribution in [0.4, 0.5) is 0 Å². The maximum Gasteiger partial charge on any atom is 0.0346 e. The van der Waals surface area contributed by atoms with Gasteiger partial charge in [0, 0.05) is 39.5 Å². The molecule has 0 bridgehead atoms. The molecule has 0 amide bonds. The molecular weight excluding hydrogens is 347 g/mol. The van der Waals surface area contributed by atoms with Crippen LogP contribution in [-0.2, 0) is 0 Å². The Kier molecular flexibility index (Phi) is 3.55. The van der Waals surface area contributed by atoms with Gasteiger partial charge in [-0.2, -0.15) is 0 Å². The molecule has 0 aliphatic rings. The molecule has 19 heavy (non-hydrogen) atoms. The van der Waals surface area contributed by atoms with E-state index in [4.69, 9.17) is 0 Å². The third kappa shape index (κ3) is 2.66. The molecule has 3 heteroatoms. The van der Waals surface area contributed by atoms with E-state index < -0.39 is 0 Å². The Morgan fingerprint density at radius 3 is 2.05 bits per heavy atom. The topological polar surface area (TPSA) is 25.8 Å². The summed E-state index contributed by atoms with van der Waals surface area (Å²) in [6.45, 7) is 0. The molecule has 0 aliphatic heterocycles. The number of rotatable bonds is 2. The fraction of sp³-hybridized carbons (Fsp3) is 0. The van der Waals surface area contributed by atoms with Crippen LogP contribution >= 0.6 is 22.6 Å². The lowest BCUT2D eigenvalue weighted by Crippen LogP contribution is -1.86. The van der Waals surface area contributed by atoms with Crippen molar-refractivity contribution >= 4 is 22.6 Å². The van der Waals surface area contributed by atoms with Crippen molar-refractivity contribution in [3.05, 3.63) is 70.8 Å². The molecule has 0 spiro atoms. The Morgan fingerprint density at radius 2 is 1.42 bits per heavy atom. The number of aromatic nitrogens is 2. The van der Waals surface area contributed by atoms with Crippen LogP contribution in [0.2, 0.25) is 0 Å². The summed E-state index contributed by atoms with van der Waals surface area (Å²) >= 11 is 2.36. The van der Waals surface area contributed by atoms with Crippen LogP contribution in [0.1, 0.15) is 0 Å². The van der Waals surface area contributed by atoms with Crippen molar-refractivity contribution in [3.63, 3.8) is 0 Å². The average Bonchev–Trinajstić information content (AvgIpc) is 2.49. The summed E-state index contributed by atoms with van der Waals surface area (Å²) in [5, 5.41) is 0. The molecule has 0 atom stereocenters. The summed E-state index contributed by atoms with van der Waals surface area (Å²) in [5.41, 5.74) is 4.64. The van der Waals surface area contributed by atoms with Crippen molar-refractivity contribution in [2.45, 2.75) is 0 Å². The fourth-order valence-electron chi connectivity index (χ4n) is 1.98. The summed E-state index contributed by atoms with van der Waals surface area (Å²) in [7, 11) is 0. The number of nitrogens with zero attached hydrogens (tertiary/aromatic N) is 2. The lowest BCUT2D eigenvalue weighted by molar-refractivity contribution is 1.32. The number of pyridine rings is 2. The van der Waals surface area contributed by atoms with E-state index in [0.29, 0.717) is 0 Å². The predicted molar refractivity (Wildman–Crippen MR) is 85.6 cm³/mol. The van der Waals surface area contributed by atoms with Gasteiger partial charge in [-0.25, -0.2) is 0 Å². The second-order valence-corrected chi connectivity index (χ2v) is 5.34. The zero-order valence-electron chi connectivity index (χ0n) is 10.1. The Balaban J connectivity index is 2.12. The highest BCUT2D eigenvalue weighted by Gasteiger charge is 2.06. The third-order valence-corrected chi connectivity index (χ3v) is 3.87. The van der Waals surface area contributed by atoms with E-state index in [1.165, 1.54) is 14.7 Å². The van der Waals surface area contributed by atoms with Crippen LogP contribution < -0.4 is 0 Å². The van der Waals surface area contributed by atoms with E-state index in [-0.39, 0.29) is 0 Å². The van der Waals surface area contributed by atoms with Gasteiger partial charge < -0.3 is 0 Å². The molecule has 2 nitrogen and oxygen atoms in total. The van der Waals surface area contributed by atoms with Gasteiger partial charge in [0.05, 0.1) is 0 Å². The Labute approximate surface area is 125 Å². The van der Waals surface area contributed by atoms with Gasteiger partial charge in [0.25, 0.3) is 0 Å². The van der Waals surface area contributed by atoms with Gasteiger partial charge in [-0.1, -0.05) is 18.2 Å². The van der Waals surface area contributed by atoms with Gasteiger partial charge in [0.15, 0.2) is 0 Å². The standard InChI is InChI=1S/C16H11IN2/c17-16-6-5-12(13-3-1-7-18-10-13)9-15(16)14-4-2-8-19-11-14/h1-11H. The highest BCUT2D eigenvalue weighted by atomic mass is 127. The normalized spacial score (nSPS) is 10.4. The number of hydrogen-bond acceptors (Lipinski definition) is 2. The Hall–Kier alpha value is -1.75. The summed E-state index contributed by atoms with van der Waals surface area (Å²) in [4.78, 5) is 8.36. The molecule has 3 aromatic rings. The van der Waals surface area contributed by atoms with Gasteiger partial charge in [0.2, 0.25) is 0 Å². The highest BCUT2D eigenvalue weighted by Crippen LogP contribution is 2.29. The molecule has 0 N–H and O–H groups in total. The van der Waals surface area contributed by atoms with E-state index in [0.717, 1.165) is 11.1 Å². The SMILES string of the molecule is Ic1ccc(-c2cccnc2)cc1-c1cccnc1. The monoisotopic (exact) mass is 358 g/mol. The highest BCUT2D eigenvalue weighted by molar-refractivity contribution is 14.1. The summed E-state index contributed by atoms with van der Waals surface area (Å²) in [6.07, 6.45) is 7.36. The minimum atomic E-state index is 1.13. The van der Waals surface area contributed by atoms with Gasteiger partial charge >= 0.3 is 0 Å². The maximum absolute atomic E-state index is 4.19. The van der Waals surface area contributed by atoms with E-state index in [9.17, 15) is 0 Å². The molecule has 0 unspecified atom stereocenters. The minimum absolute atomic E-state index is 1.13. The predicted octanol–water partition coefficient (Wildman–Crippen LogP) is 4.42. The minimum Gasteiger partial charge on any atom is -0.264 e. The van der Waals surface area contributed by atoms with Gasteiger partial charge in [-0.3, -0.25) is 9.97 Å². The molecule has 1 aromatic carbocycles. The largest absolute Gasteiger partial charge is 0.264 e. The maximum atomic E-state index is 4.19. The summed E-state index contributed by atoms with van der Waals surface area (Å²) in [6, 6.07) is 14.5. The number of halogens is 1. The van der Waals surface area contributed by atoms with Crippen LogP contribution in [0, 0.1) is 3.57 Å². The Morgan fingerprint density at radius 1 is 0.737 bits per heavy atom. The zero-order valence-corrected chi connectivity index (χ0v) is 12.3. The van der Waals surface area contributed by atoms with Crippen molar-refractivity contribution in [1.82, 2.24) is 9.97 Å². The van der Waals surface area contributed by atoms with Crippen molar-refractivity contribution in [2.75, 3.05) is 0 Å². The van der Waals surface area contributed by atoms with E-state index in [1.54, 1.807) is 12.4 Å². The third-order valence-electron chi connectivity index (χ3n) is 2.93. The van der Waals surface area contributed by atoms with Gasteiger partial charge in [0.1, 0.15) is 0 Å².